The minimum absolute atomic E-state index is 0.159. The monoisotopic (exact) mass is 287 g/mol. The Morgan fingerprint density at radius 2 is 1.90 bits per heavy atom. The first-order chi connectivity index (χ1) is 9.30. The Labute approximate surface area is 115 Å². The van der Waals surface area contributed by atoms with Crippen LogP contribution in [0.5, 0.6) is 0 Å². The normalized spacial score (nSPS) is 17.4. The molecular weight excluding hydrogens is 271 g/mol. The van der Waals surface area contributed by atoms with Gasteiger partial charge in [0.05, 0.1) is 0 Å². The number of aliphatic hydroxyl groups is 1. The number of rotatable bonds is 2. The zero-order chi connectivity index (χ0) is 14.9. The zero-order valence-electron chi connectivity index (χ0n) is 11.1. The molecule has 0 radical (unpaired) electrons. The van der Waals surface area contributed by atoms with Crippen molar-refractivity contribution >= 4 is 5.91 Å². The number of likely N-dealkylation sites (tertiary alicyclic amines) is 1. The molecule has 1 aliphatic heterocycles. The second-order valence-electron chi connectivity index (χ2n) is 5.02. The molecule has 1 aromatic rings. The predicted molar refractivity (Wildman–Crippen MR) is 67.3 cm³/mol. The number of aryl methyl sites for hydroxylation is 1. The molecule has 0 spiro atoms. The molecule has 2 rings (SSSR count). The Balaban J connectivity index is 2.23. The first-order valence-electron chi connectivity index (χ1n) is 6.45. The van der Waals surface area contributed by atoms with Crippen LogP contribution in [-0.2, 0) is 0 Å². The van der Waals surface area contributed by atoms with Gasteiger partial charge in [-0.2, -0.15) is 13.2 Å². The average Bonchev–Trinajstić information content (AvgIpc) is 2.89. The number of alkyl halides is 3. The summed E-state index contributed by atoms with van der Waals surface area (Å²) in [4.78, 5) is 13.9. The van der Waals surface area contributed by atoms with E-state index in [9.17, 15) is 23.1 Å². The van der Waals surface area contributed by atoms with Crippen molar-refractivity contribution in [1.82, 2.24) is 4.90 Å². The highest BCUT2D eigenvalue weighted by Gasteiger charge is 2.39. The Kier molecular flexibility index (Phi) is 4.04. The summed E-state index contributed by atoms with van der Waals surface area (Å²) in [7, 11) is 0. The quantitative estimate of drug-likeness (QED) is 0.908. The maximum absolute atomic E-state index is 12.4. The lowest BCUT2D eigenvalue weighted by Crippen LogP contribution is -2.28. The van der Waals surface area contributed by atoms with Gasteiger partial charge in [0.25, 0.3) is 5.91 Å². The molecule has 20 heavy (non-hydrogen) atoms. The number of carbonyl (C=O) groups is 1. The minimum atomic E-state index is -4.70. The van der Waals surface area contributed by atoms with Crippen LogP contribution in [0.3, 0.4) is 0 Å². The van der Waals surface area contributed by atoms with Gasteiger partial charge in [0.2, 0.25) is 0 Å². The fraction of sp³-hybridized carbons (Fsp3) is 0.500. The van der Waals surface area contributed by atoms with Crippen molar-refractivity contribution in [3.8, 4) is 0 Å². The Morgan fingerprint density at radius 1 is 1.30 bits per heavy atom. The molecule has 0 aliphatic carbocycles. The molecule has 0 bridgehead atoms. The van der Waals surface area contributed by atoms with Crippen LogP contribution in [0.15, 0.2) is 18.2 Å². The summed E-state index contributed by atoms with van der Waals surface area (Å²) in [5.41, 5.74) is 0.598. The Morgan fingerprint density at radius 3 is 2.40 bits per heavy atom. The van der Waals surface area contributed by atoms with E-state index in [1.807, 2.05) is 0 Å². The average molecular weight is 287 g/mol. The number of benzene rings is 1. The highest BCUT2D eigenvalue weighted by atomic mass is 19.4. The molecule has 1 aliphatic rings. The standard InChI is InChI=1S/C14H16F3NO2/c1-9-8-10(12(19)14(15,16)17)4-5-11(9)13(20)18-6-2-3-7-18/h4-5,8,12,19H,2-3,6-7H2,1H3. The minimum Gasteiger partial charge on any atom is -0.379 e. The number of halogens is 3. The summed E-state index contributed by atoms with van der Waals surface area (Å²) in [5, 5.41) is 9.20. The van der Waals surface area contributed by atoms with E-state index in [4.69, 9.17) is 0 Å². The molecular formula is C14H16F3NO2. The van der Waals surface area contributed by atoms with E-state index >= 15 is 0 Å². The van der Waals surface area contributed by atoms with E-state index in [0.717, 1.165) is 18.9 Å². The molecule has 1 unspecified atom stereocenters. The van der Waals surface area contributed by atoms with Crippen molar-refractivity contribution in [2.75, 3.05) is 13.1 Å². The van der Waals surface area contributed by atoms with Gasteiger partial charge < -0.3 is 10.0 Å². The van der Waals surface area contributed by atoms with Crippen molar-refractivity contribution in [1.29, 1.82) is 0 Å². The van der Waals surface area contributed by atoms with Gasteiger partial charge in [-0.15, -0.1) is 0 Å². The fourth-order valence-electron chi connectivity index (χ4n) is 2.38. The van der Waals surface area contributed by atoms with E-state index < -0.39 is 12.3 Å². The highest BCUT2D eigenvalue weighted by Crippen LogP contribution is 2.33. The van der Waals surface area contributed by atoms with Crippen LogP contribution < -0.4 is 0 Å². The third-order valence-electron chi connectivity index (χ3n) is 3.50. The lowest BCUT2D eigenvalue weighted by Gasteiger charge is -2.19. The molecule has 6 heteroatoms. The number of carbonyl (C=O) groups excluding carboxylic acids is 1. The number of hydrogen-bond acceptors (Lipinski definition) is 2. The van der Waals surface area contributed by atoms with E-state index in [1.165, 1.54) is 12.1 Å². The summed E-state index contributed by atoms with van der Waals surface area (Å²) in [5.74, 6) is -0.159. The maximum Gasteiger partial charge on any atom is 0.418 e. The predicted octanol–water partition coefficient (Wildman–Crippen LogP) is 2.83. The summed E-state index contributed by atoms with van der Waals surface area (Å²) in [6.07, 6.45) is -5.31. The van der Waals surface area contributed by atoms with Gasteiger partial charge in [-0.05, 0) is 37.0 Å². The largest absolute Gasteiger partial charge is 0.418 e. The molecule has 110 valence electrons. The Hall–Kier alpha value is -1.56. The van der Waals surface area contributed by atoms with Gasteiger partial charge in [-0.1, -0.05) is 12.1 Å². The topological polar surface area (TPSA) is 40.5 Å². The molecule has 1 saturated heterocycles. The number of aliphatic hydroxyl groups excluding tert-OH is 1. The summed E-state index contributed by atoms with van der Waals surface area (Å²) < 4.78 is 37.3. The van der Waals surface area contributed by atoms with Crippen molar-refractivity contribution in [3.63, 3.8) is 0 Å². The summed E-state index contributed by atoms with van der Waals surface area (Å²) in [6, 6.07) is 3.75. The smallest absolute Gasteiger partial charge is 0.379 e. The summed E-state index contributed by atoms with van der Waals surface area (Å²) in [6.45, 7) is 2.95. The van der Waals surface area contributed by atoms with Crippen LogP contribution in [0, 0.1) is 6.92 Å². The zero-order valence-corrected chi connectivity index (χ0v) is 11.1. The number of nitrogens with zero attached hydrogens (tertiary/aromatic N) is 1. The lowest BCUT2D eigenvalue weighted by atomic mass is 10.0. The second kappa shape index (κ2) is 5.44. The van der Waals surface area contributed by atoms with E-state index in [0.29, 0.717) is 24.2 Å². The van der Waals surface area contributed by atoms with E-state index in [2.05, 4.69) is 0 Å². The molecule has 0 aromatic heterocycles. The first-order valence-corrected chi connectivity index (χ1v) is 6.45. The van der Waals surface area contributed by atoms with Crippen LogP contribution in [0.25, 0.3) is 0 Å². The van der Waals surface area contributed by atoms with Gasteiger partial charge in [0, 0.05) is 18.7 Å². The molecule has 1 amide bonds. The molecule has 3 nitrogen and oxygen atoms in total. The number of hydrogen-bond donors (Lipinski definition) is 1. The molecule has 1 atom stereocenters. The molecule has 1 fully saturated rings. The molecule has 1 aromatic carbocycles. The number of amides is 1. The van der Waals surface area contributed by atoms with Gasteiger partial charge in [-0.25, -0.2) is 0 Å². The van der Waals surface area contributed by atoms with E-state index in [1.54, 1.807) is 11.8 Å². The van der Waals surface area contributed by atoms with Crippen molar-refractivity contribution in [2.45, 2.75) is 32.0 Å². The second-order valence-corrected chi connectivity index (χ2v) is 5.02. The van der Waals surface area contributed by atoms with Crippen LogP contribution in [0.1, 0.15) is 40.4 Å². The van der Waals surface area contributed by atoms with Gasteiger partial charge in [0.1, 0.15) is 0 Å². The van der Waals surface area contributed by atoms with Gasteiger partial charge >= 0.3 is 6.18 Å². The fourth-order valence-corrected chi connectivity index (χ4v) is 2.38. The Bertz CT molecular complexity index is 508. The van der Waals surface area contributed by atoms with Crippen molar-refractivity contribution in [2.24, 2.45) is 0 Å². The third-order valence-corrected chi connectivity index (χ3v) is 3.50. The van der Waals surface area contributed by atoms with Gasteiger partial charge in [0.15, 0.2) is 6.10 Å². The van der Waals surface area contributed by atoms with Crippen LogP contribution in [0.4, 0.5) is 13.2 Å². The first kappa shape index (κ1) is 14.8. The molecule has 1 N–H and O–H groups in total. The highest BCUT2D eigenvalue weighted by molar-refractivity contribution is 5.95. The molecule has 1 heterocycles. The third kappa shape index (κ3) is 2.95. The SMILES string of the molecule is Cc1cc(C(O)C(F)(F)F)ccc1C(=O)N1CCCC1. The van der Waals surface area contributed by atoms with Gasteiger partial charge in [-0.3, -0.25) is 4.79 Å². The van der Waals surface area contributed by atoms with Crippen LogP contribution in [-0.4, -0.2) is 35.2 Å². The van der Waals surface area contributed by atoms with Crippen molar-refractivity contribution in [3.05, 3.63) is 34.9 Å². The lowest BCUT2D eigenvalue weighted by molar-refractivity contribution is -0.206. The van der Waals surface area contributed by atoms with E-state index in [-0.39, 0.29) is 11.5 Å². The molecule has 0 saturated carbocycles. The maximum atomic E-state index is 12.4. The van der Waals surface area contributed by atoms with Crippen LogP contribution in [0.2, 0.25) is 0 Å². The van der Waals surface area contributed by atoms with Crippen LogP contribution >= 0.6 is 0 Å². The summed E-state index contributed by atoms with van der Waals surface area (Å²) >= 11 is 0. The van der Waals surface area contributed by atoms with Crippen molar-refractivity contribution < 1.29 is 23.1 Å².